The smallest absolute Gasteiger partial charge is 0.224 e. The van der Waals surface area contributed by atoms with Crippen molar-refractivity contribution in [3.8, 4) is 0 Å². The Balaban J connectivity index is 0.00000288. The van der Waals surface area contributed by atoms with E-state index in [1.165, 1.54) is 28.6 Å². The molecule has 1 aromatic rings. The fourth-order valence-electron chi connectivity index (χ4n) is 2.63. The predicted molar refractivity (Wildman–Crippen MR) is 92.6 cm³/mol. The van der Waals surface area contributed by atoms with Gasteiger partial charge in [0, 0.05) is 26.2 Å². The molecule has 2 rings (SSSR count). The summed E-state index contributed by atoms with van der Waals surface area (Å²) in [6, 6.07) is 5.40. The molecule has 6 nitrogen and oxygen atoms in total. The molecule has 0 radical (unpaired) electrons. The summed E-state index contributed by atoms with van der Waals surface area (Å²) >= 11 is 0. The molecular weight excluding hydrogens is 357 g/mol. The molecule has 9 heteroatoms. The summed E-state index contributed by atoms with van der Waals surface area (Å²) in [7, 11) is -3.53. The lowest BCUT2D eigenvalue weighted by atomic mass is 9.99. The third-order valence-electron chi connectivity index (χ3n) is 3.85. The van der Waals surface area contributed by atoms with Gasteiger partial charge in [-0.2, -0.15) is 0 Å². The van der Waals surface area contributed by atoms with Crippen molar-refractivity contribution in [3.05, 3.63) is 35.6 Å². The summed E-state index contributed by atoms with van der Waals surface area (Å²) in [6.07, 6.45) is 1.31. The zero-order valence-corrected chi connectivity index (χ0v) is 14.9. The van der Waals surface area contributed by atoms with Crippen LogP contribution in [0, 0.1) is 11.7 Å². The van der Waals surface area contributed by atoms with Crippen LogP contribution >= 0.6 is 12.4 Å². The molecule has 1 unspecified atom stereocenters. The van der Waals surface area contributed by atoms with Gasteiger partial charge in [-0.15, -0.1) is 12.4 Å². The van der Waals surface area contributed by atoms with E-state index in [2.05, 4.69) is 5.32 Å². The predicted octanol–water partition coefficient (Wildman–Crippen LogP) is 0.864. The molecule has 1 fully saturated rings. The highest BCUT2D eigenvalue weighted by atomic mass is 35.5. The number of carbonyl (C=O) groups is 1. The number of hydrogen-bond donors (Lipinski definition) is 2. The Labute approximate surface area is 148 Å². The molecule has 0 bridgehead atoms. The molecule has 0 saturated carbocycles. The summed E-state index contributed by atoms with van der Waals surface area (Å²) in [5.74, 6) is -1.10. The van der Waals surface area contributed by atoms with Gasteiger partial charge >= 0.3 is 0 Å². The van der Waals surface area contributed by atoms with Gasteiger partial charge in [0.05, 0.1) is 11.7 Å². The van der Waals surface area contributed by atoms with Gasteiger partial charge in [-0.3, -0.25) is 4.79 Å². The molecule has 1 saturated heterocycles. The molecule has 1 aliphatic heterocycles. The molecule has 1 atom stereocenters. The summed E-state index contributed by atoms with van der Waals surface area (Å²) in [5.41, 5.74) is 5.88. The van der Waals surface area contributed by atoms with E-state index in [0.717, 1.165) is 0 Å². The van der Waals surface area contributed by atoms with Crippen LogP contribution in [0.25, 0.3) is 0 Å². The normalized spacial score (nSPS) is 18.7. The first-order chi connectivity index (χ1) is 10.9. The van der Waals surface area contributed by atoms with Crippen LogP contribution in [0.3, 0.4) is 0 Å². The Kier molecular flexibility index (Phi) is 8.08. The highest BCUT2D eigenvalue weighted by molar-refractivity contribution is 7.88. The number of amides is 1. The molecule has 0 aliphatic carbocycles. The van der Waals surface area contributed by atoms with Crippen LogP contribution in [0.2, 0.25) is 0 Å². The fourth-order valence-corrected chi connectivity index (χ4v) is 4.24. The zero-order chi connectivity index (χ0) is 16.9. The van der Waals surface area contributed by atoms with Gasteiger partial charge in [0.2, 0.25) is 15.9 Å². The minimum atomic E-state index is -3.53. The molecule has 1 amide bonds. The second-order valence-corrected chi connectivity index (χ2v) is 7.63. The molecule has 0 aromatic heterocycles. The van der Waals surface area contributed by atoms with Crippen LogP contribution in [-0.2, 0) is 20.6 Å². The minimum absolute atomic E-state index is 0. The number of nitrogens with two attached hydrogens (primary N) is 1. The first-order valence-corrected chi connectivity index (χ1v) is 9.23. The SMILES string of the molecule is Cl.NCCNC(=O)C1CCCN(S(=O)(=O)Cc2ccc(F)cc2)C1. The maximum Gasteiger partial charge on any atom is 0.224 e. The molecule has 1 aromatic carbocycles. The average Bonchev–Trinajstić information content (AvgIpc) is 2.54. The molecule has 1 heterocycles. The number of nitrogens with zero attached hydrogens (tertiary/aromatic N) is 1. The second-order valence-electron chi connectivity index (χ2n) is 5.66. The number of nitrogens with one attached hydrogen (secondary N) is 1. The molecule has 1 aliphatic rings. The largest absolute Gasteiger partial charge is 0.355 e. The number of rotatable bonds is 6. The lowest BCUT2D eigenvalue weighted by Gasteiger charge is -2.31. The van der Waals surface area contributed by atoms with Crippen molar-refractivity contribution in [1.29, 1.82) is 0 Å². The number of carbonyl (C=O) groups excluding carboxylic acids is 1. The van der Waals surface area contributed by atoms with Crippen LogP contribution in [0.1, 0.15) is 18.4 Å². The average molecular weight is 380 g/mol. The topological polar surface area (TPSA) is 92.5 Å². The molecule has 24 heavy (non-hydrogen) atoms. The van der Waals surface area contributed by atoms with E-state index < -0.39 is 15.8 Å². The van der Waals surface area contributed by atoms with E-state index in [1.807, 2.05) is 0 Å². The number of hydrogen-bond acceptors (Lipinski definition) is 4. The molecule has 0 spiro atoms. The Bertz CT molecular complexity index is 640. The Hall–Kier alpha value is -1.22. The third kappa shape index (κ3) is 5.70. The Morgan fingerprint density at radius 3 is 2.62 bits per heavy atom. The Morgan fingerprint density at radius 2 is 2.00 bits per heavy atom. The van der Waals surface area contributed by atoms with E-state index >= 15 is 0 Å². The zero-order valence-electron chi connectivity index (χ0n) is 13.3. The molecule has 136 valence electrons. The van der Waals surface area contributed by atoms with Crippen LogP contribution < -0.4 is 11.1 Å². The number of sulfonamides is 1. The number of piperidine rings is 1. The van der Waals surface area contributed by atoms with Gasteiger partial charge in [-0.1, -0.05) is 12.1 Å². The summed E-state index contributed by atoms with van der Waals surface area (Å²) in [6.45, 7) is 1.33. The van der Waals surface area contributed by atoms with Gasteiger partial charge in [0.1, 0.15) is 5.82 Å². The highest BCUT2D eigenvalue weighted by Crippen LogP contribution is 2.21. The maximum absolute atomic E-state index is 12.9. The van der Waals surface area contributed by atoms with Crippen molar-refractivity contribution >= 4 is 28.3 Å². The number of halogens is 2. The van der Waals surface area contributed by atoms with Gasteiger partial charge in [-0.25, -0.2) is 17.1 Å². The summed E-state index contributed by atoms with van der Waals surface area (Å²) in [5, 5.41) is 2.70. The van der Waals surface area contributed by atoms with Crippen molar-refractivity contribution < 1.29 is 17.6 Å². The summed E-state index contributed by atoms with van der Waals surface area (Å²) < 4.78 is 39.3. The van der Waals surface area contributed by atoms with Crippen molar-refractivity contribution in [2.45, 2.75) is 18.6 Å². The van der Waals surface area contributed by atoms with E-state index in [9.17, 15) is 17.6 Å². The third-order valence-corrected chi connectivity index (χ3v) is 5.67. The fraction of sp³-hybridized carbons (Fsp3) is 0.533. The van der Waals surface area contributed by atoms with E-state index in [0.29, 0.717) is 38.0 Å². The number of benzene rings is 1. The van der Waals surface area contributed by atoms with E-state index in [-0.39, 0.29) is 36.5 Å². The van der Waals surface area contributed by atoms with Gasteiger partial charge in [-0.05, 0) is 30.5 Å². The highest BCUT2D eigenvalue weighted by Gasteiger charge is 2.32. The Morgan fingerprint density at radius 1 is 1.33 bits per heavy atom. The van der Waals surface area contributed by atoms with E-state index in [1.54, 1.807) is 0 Å². The molecule has 3 N–H and O–H groups in total. The quantitative estimate of drug-likeness (QED) is 0.766. The van der Waals surface area contributed by atoms with Crippen LogP contribution in [0.5, 0.6) is 0 Å². The van der Waals surface area contributed by atoms with Crippen molar-refractivity contribution in [3.63, 3.8) is 0 Å². The van der Waals surface area contributed by atoms with Crippen LogP contribution in [0.15, 0.2) is 24.3 Å². The van der Waals surface area contributed by atoms with Gasteiger partial charge in [0.25, 0.3) is 0 Å². The monoisotopic (exact) mass is 379 g/mol. The first kappa shape index (κ1) is 20.8. The minimum Gasteiger partial charge on any atom is -0.355 e. The van der Waals surface area contributed by atoms with Crippen molar-refractivity contribution in [2.24, 2.45) is 11.7 Å². The summed E-state index contributed by atoms with van der Waals surface area (Å²) in [4.78, 5) is 12.0. The van der Waals surface area contributed by atoms with Gasteiger partial charge in [0.15, 0.2) is 0 Å². The lowest BCUT2D eigenvalue weighted by Crippen LogP contribution is -2.46. The van der Waals surface area contributed by atoms with Crippen molar-refractivity contribution in [2.75, 3.05) is 26.2 Å². The van der Waals surface area contributed by atoms with Gasteiger partial charge < -0.3 is 11.1 Å². The lowest BCUT2D eigenvalue weighted by molar-refractivity contribution is -0.126. The first-order valence-electron chi connectivity index (χ1n) is 7.62. The van der Waals surface area contributed by atoms with Crippen LogP contribution in [0.4, 0.5) is 4.39 Å². The maximum atomic E-state index is 12.9. The van der Waals surface area contributed by atoms with Crippen LogP contribution in [-0.4, -0.2) is 44.8 Å². The molecular formula is C15H23ClFN3O3S. The van der Waals surface area contributed by atoms with E-state index in [4.69, 9.17) is 5.73 Å². The standard InChI is InChI=1S/C15H22FN3O3S.ClH/c16-14-5-3-12(4-6-14)11-23(21,22)19-9-1-2-13(10-19)15(20)18-8-7-17;/h3-6,13H,1-2,7-11,17H2,(H,18,20);1H. The second kappa shape index (κ2) is 9.31. The van der Waals surface area contributed by atoms with Crippen molar-refractivity contribution in [1.82, 2.24) is 9.62 Å².